The van der Waals surface area contributed by atoms with E-state index in [1.54, 1.807) is 30.1 Å². The van der Waals surface area contributed by atoms with Crippen LogP contribution in [-0.4, -0.2) is 30.1 Å². The topological polar surface area (TPSA) is 75.8 Å². The quantitative estimate of drug-likeness (QED) is 0.855. The fraction of sp³-hybridized carbons (Fsp3) is 0.316. The summed E-state index contributed by atoms with van der Waals surface area (Å²) >= 11 is 0. The summed E-state index contributed by atoms with van der Waals surface area (Å²) in [6.07, 6.45) is 0. The Morgan fingerprint density at radius 3 is 2.54 bits per heavy atom. The van der Waals surface area contributed by atoms with E-state index in [4.69, 9.17) is 10.5 Å². The monoisotopic (exact) mass is 328 g/mol. The van der Waals surface area contributed by atoms with Gasteiger partial charge < -0.3 is 20.5 Å². The number of methoxy groups -OCH3 is 1. The predicted octanol–water partition coefficient (Wildman–Crippen LogP) is 2.70. The first-order valence-electron chi connectivity index (χ1n) is 7.85. The number of benzene rings is 2. The fourth-order valence-electron chi connectivity index (χ4n) is 2.64. The summed E-state index contributed by atoms with van der Waals surface area (Å²) in [7, 11) is 3.24. The normalized spacial score (nSPS) is 13.2. The molecule has 0 aliphatic heterocycles. The van der Waals surface area contributed by atoms with Crippen molar-refractivity contribution in [3.8, 4) is 11.5 Å². The van der Waals surface area contributed by atoms with E-state index in [1.807, 2.05) is 37.3 Å². The molecule has 2 aromatic rings. The van der Waals surface area contributed by atoms with E-state index in [-0.39, 0.29) is 23.6 Å². The Kier molecular flexibility index (Phi) is 5.82. The number of hydrogen-bond donors (Lipinski definition) is 2. The van der Waals surface area contributed by atoms with Gasteiger partial charge in [-0.05, 0) is 23.3 Å². The van der Waals surface area contributed by atoms with E-state index in [0.29, 0.717) is 12.3 Å². The minimum Gasteiger partial charge on any atom is -0.504 e. The Morgan fingerprint density at radius 1 is 1.25 bits per heavy atom. The van der Waals surface area contributed by atoms with Crippen LogP contribution in [0.25, 0.3) is 0 Å². The van der Waals surface area contributed by atoms with Crippen LogP contribution in [0.2, 0.25) is 0 Å². The van der Waals surface area contributed by atoms with E-state index < -0.39 is 0 Å². The number of carbonyl (C=O) groups is 1. The number of hydrogen-bond acceptors (Lipinski definition) is 4. The van der Waals surface area contributed by atoms with Gasteiger partial charge in [-0.2, -0.15) is 0 Å². The Labute approximate surface area is 142 Å². The van der Waals surface area contributed by atoms with E-state index in [2.05, 4.69) is 0 Å². The number of carbonyl (C=O) groups excluding carboxylic acids is 1. The summed E-state index contributed by atoms with van der Waals surface area (Å²) in [5.41, 5.74) is 8.05. The Balaban J connectivity index is 2.06. The maximum atomic E-state index is 12.6. The number of nitrogens with two attached hydrogens (primary N) is 1. The molecule has 0 saturated carbocycles. The molecule has 0 heterocycles. The molecule has 0 bridgehead atoms. The highest BCUT2D eigenvalue weighted by molar-refractivity contribution is 5.79. The van der Waals surface area contributed by atoms with Crippen LogP contribution in [0.4, 0.5) is 0 Å². The molecule has 2 rings (SSSR count). The molecule has 1 amide bonds. The van der Waals surface area contributed by atoms with Crippen molar-refractivity contribution in [2.24, 2.45) is 11.7 Å². The lowest BCUT2D eigenvalue weighted by Crippen LogP contribution is -2.36. The van der Waals surface area contributed by atoms with Crippen LogP contribution in [0.3, 0.4) is 0 Å². The second-order valence-electron chi connectivity index (χ2n) is 5.93. The van der Waals surface area contributed by atoms with Crippen molar-refractivity contribution < 1.29 is 14.6 Å². The molecule has 3 N–H and O–H groups in total. The smallest absolute Gasteiger partial charge is 0.227 e. The SMILES string of the molecule is COc1cc(CN(C)C(=O)C(C)C(N)c2ccccc2)ccc1O. The van der Waals surface area contributed by atoms with Gasteiger partial charge in [0.2, 0.25) is 5.91 Å². The standard InChI is InChI=1S/C19H24N2O3/c1-13(18(20)15-7-5-4-6-8-15)19(23)21(2)12-14-9-10-16(22)17(11-14)24-3/h4-11,13,18,22H,12,20H2,1-3H3. The Morgan fingerprint density at radius 2 is 1.92 bits per heavy atom. The minimum atomic E-state index is -0.351. The largest absolute Gasteiger partial charge is 0.504 e. The molecule has 24 heavy (non-hydrogen) atoms. The van der Waals surface area contributed by atoms with E-state index in [1.165, 1.54) is 7.11 Å². The molecule has 0 aliphatic rings. The zero-order valence-electron chi connectivity index (χ0n) is 14.3. The van der Waals surface area contributed by atoms with Crippen LogP contribution in [0, 0.1) is 5.92 Å². The molecule has 0 aliphatic carbocycles. The third-order valence-electron chi connectivity index (χ3n) is 4.15. The van der Waals surface area contributed by atoms with E-state index in [9.17, 15) is 9.90 Å². The van der Waals surface area contributed by atoms with Gasteiger partial charge in [-0.1, -0.05) is 43.3 Å². The van der Waals surface area contributed by atoms with Crippen LogP contribution in [0.1, 0.15) is 24.1 Å². The van der Waals surface area contributed by atoms with Gasteiger partial charge in [0.1, 0.15) is 0 Å². The van der Waals surface area contributed by atoms with Crippen molar-refractivity contribution in [3.63, 3.8) is 0 Å². The number of aromatic hydroxyl groups is 1. The number of nitrogens with zero attached hydrogens (tertiary/aromatic N) is 1. The first kappa shape index (κ1) is 17.8. The van der Waals surface area contributed by atoms with Gasteiger partial charge in [-0.15, -0.1) is 0 Å². The molecule has 2 atom stereocenters. The van der Waals surface area contributed by atoms with Crippen molar-refractivity contribution in [2.45, 2.75) is 19.5 Å². The minimum absolute atomic E-state index is 0.0293. The number of ether oxygens (including phenoxy) is 1. The second kappa shape index (κ2) is 7.84. The molecule has 0 saturated heterocycles. The highest BCUT2D eigenvalue weighted by Crippen LogP contribution is 2.27. The molecule has 0 radical (unpaired) electrons. The van der Waals surface area contributed by atoms with Gasteiger partial charge in [0.05, 0.1) is 13.0 Å². The molecule has 0 fully saturated rings. The van der Waals surface area contributed by atoms with Crippen LogP contribution in [0.5, 0.6) is 11.5 Å². The van der Waals surface area contributed by atoms with Gasteiger partial charge in [0.15, 0.2) is 11.5 Å². The lowest BCUT2D eigenvalue weighted by atomic mass is 9.94. The maximum Gasteiger partial charge on any atom is 0.227 e. The summed E-state index contributed by atoms with van der Waals surface area (Å²) in [5.74, 6) is 0.104. The predicted molar refractivity (Wildman–Crippen MR) is 93.7 cm³/mol. The summed E-state index contributed by atoms with van der Waals surface area (Å²) in [6, 6.07) is 14.3. The first-order valence-corrected chi connectivity index (χ1v) is 7.85. The lowest BCUT2D eigenvalue weighted by molar-refractivity contribution is -0.134. The lowest BCUT2D eigenvalue weighted by Gasteiger charge is -2.25. The molecule has 5 nitrogen and oxygen atoms in total. The molecule has 2 unspecified atom stereocenters. The van der Waals surface area contributed by atoms with Crippen molar-refractivity contribution >= 4 is 5.91 Å². The van der Waals surface area contributed by atoms with Crippen LogP contribution in [-0.2, 0) is 11.3 Å². The average Bonchev–Trinajstić information content (AvgIpc) is 2.62. The summed E-state index contributed by atoms with van der Waals surface area (Å²) < 4.78 is 5.10. The fourth-order valence-corrected chi connectivity index (χ4v) is 2.64. The molecule has 128 valence electrons. The van der Waals surface area contributed by atoms with Gasteiger partial charge >= 0.3 is 0 Å². The van der Waals surface area contributed by atoms with Crippen molar-refractivity contribution in [1.82, 2.24) is 4.90 Å². The summed E-state index contributed by atoms with van der Waals surface area (Å²) in [5, 5.41) is 9.64. The van der Waals surface area contributed by atoms with Crippen molar-refractivity contribution in [2.75, 3.05) is 14.2 Å². The van der Waals surface area contributed by atoms with E-state index >= 15 is 0 Å². The molecule has 0 aromatic heterocycles. The number of rotatable bonds is 6. The van der Waals surface area contributed by atoms with Gasteiger partial charge in [0, 0.05) is 19.6 Å². The molecular weight excluding hydrogens is 304 g/mol. The first-order chi connectivity index (χ1) is 11.4. The Hall–Kier alpha value is -2.53. The molecular formula is C19H24N2O3. The number of phenolic OH excluding ortho intramolecular Hbond substituents is 1. The van der Waals surface area contributed by atoms with Crippen molar-refractivity contribution in [1.29, 1.82) is 0 Å². The highest BCUT2D eigenvalue weighted by atomic mass is 16.5. The number of amides is 1. The highest BCUT2D eigenvalue weighted by Gasteiger charge is 2.25. The average molecular weight is 328 g/mol. The van der Waals surface area contributed by atoms with Crippen LogP contribution in [0.15, 0.2) is 48.5 Å². The molecule has 5 heteroatoms. The Bertz CT molecular complexity index is 688. The molecule has 2 aromatic carbocycles. The number of phenols is 1. The van der Waals surface area contributed by atoms with Crippen molar-refractivity contribution in [3.05, 3.63) is 59.7 Å². The van der Waals surface area contributed by atoms with Crippen LogP contribution >= 0.6 is 0 Å². The van der Waals surface area contributed by atoms with Gasteiger partial charge in [-0.25, -0.2) is 0 Å². The zero-order valence-corrected chi connectivity index (χ0v) is 14.3. The molecule has 0 spiro atoms. The van der Waals surface area contributed by atoms with Crippen LogP contribution < -0.4 is 10.5 Å². The van der Waals surface area contributed by atoms with Gasteiger partial charge in [0.25, 0.3) is 0 Å². The zero-order chi connectivity index (χ0) is 17.7. The third kappa shape index (κ3) is 4.06. The summed E-state index contributed by atoms with van der Waals surface area (Å²) in [6.45, 7) is 2.26. The van der Waals surface area contributed by atoms with E-state index in [0.717, 1.165) is 11.1 Å². The van der Waals surface area contributed by atoms with Gasteiger partial charge in [-0.3, -0.25) is 4.79 Å². The second-order valence-corrected chi connectivity index (χ2v) is 5.93. The third-order valence-corrected chi connectivity index (χ3v) is 4.15. The maximum absolute atomic E-state index is 12.6. The summed E-state index contributed by atoms with van der Waals surface area (Å²) in [4.78, 5) is 14.3.